The highest BCUT2D eigenvalue weighted by atomic mass is 32.2. The number of amides is 1. The molecule has 23 heavy (non-hydrogen) atoms. The third-order valence-corrected chi connectivity index (χ3v) is 4.85. The number of hydrogen-bond acceptors (Lipinski definition) is 3. The summed E-state index contributed by atoms with van der Waals surface area (Å²) in [6.07, 6.45) is 0. The fraction of sp³-hybridized carbons (Fsp3) is 0.235. The summed E-state index contributed by atoms with van der Waals surface area (Å²) in [7, 11) is -3.68. The molecule has 0 aliphatic rings. The van der Waals surface area contributed by atoms with Crippen molar-refractivity contribution in [1.29, 1.82) is 0 Å². The molecule has 2 rings (SSSR count). The zero-order valence-corrected chi connectivity index (χ0v) is 13.9. The molecule has 2 N–H and O–H groups in total. The average Bonchev–Trinajstić information content (AvgIpc) is 2.54. The maximum atomic E-state index is 12.1. The van der Waals surface area contributed by atoms with Crippen molar-refractivity contribution < 1.29 is 13.2 Å². The van der Waals surface area contributed by atoms with Crippen LogP contribution in [0.4, 0.5) is 0 Å². The molecule has 0 aliphatic carbocycles. The number of aryl methyl sites for hydroxylation is 1. The molecule has 0 bridgehead atoms. The Kier molecular flexibility index (Phi) is 5.52. The van der Waals surface area contributed by atoms with Crippen LogP contribution in [0.5, 0.6) is 0 Å². The van der Waals surface area contributed by atoms with E-state index in [9.17, 15) is 13.2 Å². The number of sulfonamides is 1. The second kappa shape index (κ2) is 7.39. The lowest BCUT2D eigenvalue weighted by molar-refractivity contribution is -0.120. The minimum Gasteiger partial charge on any atom is -0.348 e. The lowest BCUT2D eigenvalue weighted by Crippen LogP contribution is -2.38. The van der Waals surface area contributed by atoms with Crippen LogP contribution < -0.4 is 10.0 Å². The van der Waals surface area contributed by atoms with Crippen LogP contribution in [-0.4, -0.2) is 20.9 Å². The van der Waals surface area contributed by atoms with Gasteiger partial charge in [-0.25, -0.2) is 13.1 Å². The van der Waals surface area contributed by atoms with Gasteiger partial charge in [0.2, 0.25) is 15.9 Å². The van der Waals surface area contributed by atoms with Crippen molar-refractivity contribution in [2.24, 2.45) is 0 Å². The second-order valence-electron chi connectivity index (χ2n) is 5.34. The number of carbonyl (C=O) groups excluding carboxylic acids is 1. The normalized spacial score (nSPS) is 12.6. The maximum Gasteiger partial charge on any atom is 0.241 e. The molecule has 2 aromatic carbocycles. The van der Waals surface area contributed by atoms with E-state index in [2.05, 4.69) is 10.0 Å². The molecule has 0 saturated heterocycles. The number of rotatable bonds is 6. The minimum absolute atomic E-state index is 0.145. The number of benzene rings is 2. The highest BCUT2D eigenvalue weighted by molar-refractivity contribution is 7.89. The third kappa shape index (κ3) is 4.91. The largest absolute Gasteiger partial charge is 0.348 e. The first-order valence-corrected chi connectivity index (χ1v) is 8.77. The molecule has 0 radical (unpaired) electrons. The fourth-order valence-corrected chi connectivity index (χ4v) is 3.06. The van der Waals surface area contributed by atoms with Gasteiger partial charge in [-0.2, -0.15) is 0 Å². The molecule has 1 amide bonds. The first-order valence-electron chi connectivity index (χ1n) is 7.29. The number of nitrogens with one attached hydrogen (secondary N) is 2. The van der Waals surface area contributed by atoms with E-state index in [0.29, 0.717) is 0 Å². The van der Waals surface area contributed by atoms with Crippen LogP contribution in [0, 0.1) is 6.92 Å². The van der Waals surface area contributed by atoms with Gasteiger partial charge in [-0.05, 0) is 31.5 Å². The lowest BCUT2D eigenvalue weighted by Gasteiger charge is -2.14. The quantitative estimate of drug-likeness (QED) is 0.851. The Hall–Kier alpha value is -2.18. The monoisotopic (exact) mass is 332 g/mol. The molecule has 6 heteroatoms. The van der Waals surface area contributed by atoms with Gasteiger partial charge >= 0.3 is 0 Å². The Morgan fingerprint density at radius 2 is 1.65 bits per heavy atom. The van der Waals surface area contributed by atoms with Crippen molar-refractivity contribution in [2.75, 3.05) is 6.54 Å². The van der Waals surface area contributed by atoms with Crippen LogP contribution in [-0.2, 0) is 14.8 Å². The highest BCUT2D eigenvalue weighted by Crippen LogP contribution is 2.11. The molecule has 0 spiro atoms. The summed E-state index contributed by atoms with van der Waals surface area (Å²) >= 11 is 0. The van der Waals surface area contributed by atoms with E-state index in [1.165, 1.54) is 12.1 Å². The van der Waals surface area contributed by atoms with E-state index >= 15 is 0 Å². The van der Waals surface area contributed by atoms with Gasteiger partial charge in [0.25, 0.3) is 0 Å². The van der Waals surface area contributed by atoms with Crippen LogP contribution in [0.2, 0.25) is 0 Å². The predicted octanol–water partition coefficient (Wildman–Crippen LogP) is 2.15. The van der Waals surface area contributed by atoms with Gasteiger partial charge in [0.05, 0.1) is 17.5 Å². The SMILES string of the molecule is Cc1ccc(S(=O)(=O)NCC(=O)N[C@H](C)c2ccccc2)cc1. The van der Waals surface area contributed by atoms with Crippen LogP contribution in [0.25, 0.3) is 0 Å². The van der Waals surface area contributed by atoms with Crippen molar-refractivity contribution in [1.82, 2.24) is 10.0 Å². The number of hydrogen-bond donors (Lipinski definition) is 2. The summed E-state index contributed by atoms with van der Waals surface area (Å²) in [4.78, 5) is 12.1. The molecule has 2 aromatic rings. The molecule has 0 aromatic heterocycles. The number of carbonyl (C=O) groups is 1. The van der Waals surface area contributed by atoms with Crippen LogP contribution in [0.15, 0.2) is 59.5 Å². The van der Waals surface area contributed by atoms with E-state index in [-0.39, 0.29) is 23.4 Å². The van der Waals surface area contributed by atoms with E-state index < -0.39 is 10.0 Å². The Labute approximate surface area is 136 Å². The van der Waals surface area contributed by atoms with Crippen molar-refractivity contribution in [2.45, 2.75) is 24.8 Å². The van der Waals surface area contributed by atoms with Gasteiger partial charge < -0.3 is 5.32 Å². The Morgan fingerprint density at radius 1 is 1.04 bits per heavy atom. The smallest absolute Gasteiger partial charge is 0.241 e. The Bertz CT molecular complexity index is 756. The van der Waals surface area contributed by atoms with Crippen molar-refractivity contribution >= 4 is 15.9 Å². The first-order chi connectivity index (χ1) is 10.9. The van der Waals surface area contributed by atoms with Crippen LogP contribution in [0.1, 0.15) is 24.1 Å². The third-order valence-electron chi connectivity index (χ3n) is 3.43. The van der Waals surface area contributed by atoms with Gasteiger partial charge in [0.15, 0.2) is 0 Å². The topological polar surface area (TPSA) is 75.3 Å². The molecule has 0 fully saturated rings. The highest BCUT2D eigenvalue weighted by Gasteiger charge is 2.16. The van der Waals surface area contributed by atoms with Crippen molar-refractivity contribution in [3.63, 3.8) is 0 Å². The average molecular weight is 332 g/mol. The Balaban J connectivity index is 1.92. The maximum absolute atomic E-state index is 12.1. The fourth-order valence-electron chi connectivity index (χ4n) is 2.08. The predicted molar refractivity (Wildman–Crippen MR) is 89.4 cm³/mol. The van der Waals surface area contributed by atoms with E-state index in [1.807, 2.05) is 44.2 Å². The molecule has 0 saturated carbocycles. The van der Waals surface area contributed by atoms with Crippen molar-refractivity contribution in [3.05, 3.63) is 65.7 Å². The molecule has 1 atom stereocenters. The standard InChI is InChI=1S/C17H20N2O3S/c1-13-8-10-16(11-9-13)23(21,22)18-12-17(20)19-14(2)15-6-4-3-5-7-15/h3-11,14,18H,12H2,1-2H3,(H,19,20)/t14-/m1/s1. The van der Waals surface area contributed by atoms with E-state index in [1.54, 1.807) is 12.1 Å². The lowest BCUT2D eigenvalue weighted by atomic mass is 10.1. The van der Waals surface area contributed by atoms with Gasteiger partial charge in [-0.15, -0.1) is 0 Å². The first kappa shape index (κ1) is 17.2. The summed E-state index contributed by atoms with van der Waals surface area (Å²) in [5.74, 6) is -0.378. The summed E-state index contributed by atoms with van der Waals surface area (Å²) in [6, 6.07) is 15.8. The van der Waals surface area contributed by atoms with Crippen molar-refractivity contribution in [3.8, 4) is 0 Å². The molecule has 0 heterocycles. The Morgan fingerprint density at radius 3 is 2.26 bits per heavy atom. The van der Waals surface area contributed by atoms with Gasteiger partial charge in [0.1, 0.15) is 0 Å². The molecular formula is C17H20N2O3S. The molecule has 5 nitrogen and oxygen atoms in total. The van der Waals surface area contributed by atoms with Gasteiger partial charge in [-0.1, -0.05) is 48.0 Å². The molecular weight excluding hydrogens is 312 g/mol. The van der Waals surface area contributed by atoms with Crippen LogP contribution in [0.3, 0.4) is 0 Å². The summed E-state index contributed by atoms with van der Waals surface area (Å²) in [6.45, 7) is 3.43. The molecule has 0 unspecified atom stereocenters. The summed E-state index contributed by atoms with van der Waals surface area (Å²) in [5.41, 5.74) is 1.93. The van der Waals surface area contributed by atoms with E-state index in [4.69, 9.17) is 0 Å². The second-order valence-corrected chi connectivity index (χ2v) is 7.10. The summed E-state index contributed by atoms with van der Waals surface area (Å²) in [5, 5.41) is 2.76. The zero-order valence-electron chi connectivity index (χ0n) is 13.1. The van der Waals surface area contributed by atoms with Gasteiger partial charge in [0, 0.05) is 0 Å². The van der Waals surface area contributed by atoms with Crippen LogP contribution >= 0.6 is 0 Å². The van der Waals surface area contributed by atoms with E-state index in [0.717, 1.165) is 11.1 Å². The minimum atomic E-state index is -3.68. The molecule has 0 aliphatic heterocycles. The zero-order chi connectivity index (χ0) is 16.9. The summed E-state index contributed by atoms with van der Waals surface area (Å²) < 4.78 is 26.5. The molecule has 122 valence electrons. The van der Waals surface area contributed by atoms with Gasteiger partial charge in [-0.3, -0.25) is 4.79 Å².